The number of benzene rings is 2. The van der Waals surface area contributed by atoms with E-state index in [9.17, 15) is 10.2 Å². The maximum Gasteiger partial charge on any atom is 0.132 e. The Balaban J connectivity index is 2.11. The summed E-state index contributed by atoms with van der Waals surface area (Å²) < 4.78 is 11.4. The minimum absolute atomic E-state index is 0.491. The molecule has 4 rings (SSSR count). The molecule has 3 aromatic rings. The van der Waals surface area contributed by atoms with Crippen LogP contribution in [0.4, 0.5) is 0 Å². The zero-order valence-corrected chi connectivity index (χ0v) is 13.8. The van der Waals surface area contributed by atoms with Crippen molar-refractivity contribution in [2.45, 2.75) is 31.7 Å². The molecular weight excluding hydrogens is 306 g/mol. The van der Waals surface area contributed by atoms with Crippen LogP contribution in [-0.4, -0.2) is 34.0 Å². The molecule has 0 aliphatic carbocycles. The molecule has 0 fully saturated rings. The van der Waals surface area contributed by atoms with Crippen molar-refractivity contribution in [1.29, 1.82) is 0 Å². The molecule has 0 bridgehead atoms. The predicted octanol–water partition coefficient (Wildman–Crippen LogP) is 2.96. The van der Waals surface area contributed by atoms with Gasteiger partial charge in [0.05, 0.1) is 23.7 Å². The molecule has 0 saturated heterocycles. The smallest absolute Gasteiger partial charge is 0.132 e. The van der Waals surface area contributed by atoms with Crippen LogP contribution in [0.1, 0.15) is 25.5 Å². The Morgan fingerprint density at radius 3 is 2.67 bits per heavy atom. The average molecular weight is 325 g/mol. The van der Waals surface area contributed by atoms with E-state index in [4.69, 9.17) is 14.5 Å². The van der Waals surface area contributed by atoms with E-state index in [1.807, 2.05) is 30.3 Å². The maximum absolute atomic E-state index is 10.7. The van der Waals surface area contributed by atoms with Crippen LogP contribution in [0.15, 0.2) is 36.4 Å². The number of hydrogen-bond donors (Lipinski definition) is 2. The highest BCUT2D eigenvalue weighted by Gasteiger charge is 2.43. The summed E-state index contributed by atoms with van der Waals surface area (Å²) in [7, 11) is 1.59. The van der Waals surface area contributed by atoms with E-state index >= 15 is 0 Å². The molecule has 5 heteroatoms. The summed E-state index contributed by atoms with van der Waals surface area (Å²) in [4.78, 5) is 4.70. The van der Waals surface area contributed by atoms with Gasteiger partial charge in [-0.25, -0.2) is 4.98 Å². The molecule has 2 atom stereocenters. The Morgan fingerprint density at radius 1 is 1.17 bits per heavy atom. The zero-order valence-electron chi connectivity index (χ0n) is 13.8. The molecule has 124 valence electrons. The molecule has 24 heavy (non-hydrogen) atoms. The monoisotopic (exact) mass is 325 g/mol. The number of para-hydroxylation sites is 1. The van der Waals surface area contributed by atoms with Gasteiger partial charge in [0, 0.05) is 16.8 Å². The molecule has 2 N–H and O–H groups in total. The van der Waals surface area contributed by atoms with Gasteiger partial charge in [-0.3, -0.25) is 0 Å². The number of aromatic nitrogens is 1. The quantitative estimate of drug-likeness (QED) is 0.673. The average Bonchev–Trinajstić information content (AvgIpc) is 2.57. The lowest BCUT2D eigenvalue weighted by molar-refractivity contribution is -0.111. The summed E-state index contributed by atoms with van der Waals surface area (Å²) in [6.45, 7) is 3.49. The van der Waals surface area contributed by atoms with Crippen molar-refractivity contribution < 1.29 is 19.7 Å². The van der Waals surface area contributed by atoms with Gasteiger partial charge in [-0.1, -0.05) is 18.2 Å². The van der Waals surface area contributed by atoms with Gasteiger partial charge in [0.25, 0.3) is 0 Å². The molecule has 1 aliphatic rings. The van der Waals surface area contributed by atoms with E-state index in [1.54, 1.807) is 27.0 Å². The van der Waals surface area contributed by atoms with Crippen LogP contribution in [0.2, 0.25) is 0 Å². The van der Waals surface area contributed by atoms with Crippen molar-refractivity contribution in [3.05, 3.63) is 42.0 Å². The third kappa shape index (κ3) is 2.05. The van der Waals surface area contributed by atoms with Gasteiger partial charge in [-0.15, -0.1) is 0 Å². The number of pyridine rings is 1. The van der Waals surface area contributed by atoms with Crippen molar-refractivity contribution in [3.63, 3.8) is 0 Å². The number of fused-ring (bicyclic) bond motifs is 4. The molecule has 0 unspecified atom stereocenters. The van der Waals surface area contributed by atoms with Crippen molar-refractivity contribution >= 4 is 21.8 Å². The Kier molecular flexibility index (Phi) is 3.20. The molecule has 2 aromatic carbocycles. The molecule has 0 amide bonds. The summed E-state index contributed by atoms with van der Waals surface area (Å²) in [6.07, 6.45) is -2.12. The molecule has 2 heterocycles. The molecule has 0 saturated carbocycles. The third-order valence-corrected chi connectivity index (χ3v) is 4.67. The van der Waals surface area contributed by atoms with Gasteiger partial charge in [-0.05, 0) is 26.0 Å². The highest BCUT2D eigenvalue weighted by molar-refractivity contribution is 5.98. The molecule has 5 nitrogen and oxygen atoms in total. The predicted molar refractivity (Wildman–Crippen MR) is 91.5 cm³/mol. The van der Waals surface area contributed by atoms with E-state index in [0.717, 1.165) is 16.3 Å². The minimum atomic E-state index is -1.08. The summed E-state index contributed by atoms with van der Waals surface area (Å²) in [5.74, 6) is 1.12. The van der Waals surface area contributed by atoms with E-state index < -0.39 is 17.8 Å². The first-order chi connectivity index (χ1) is 11.4. The van der Waals surface area contributed by atoms with Gasteiger partial charge >= 0.3 is 0 Å². The number of methoxy groups -OCH3 is 1. The SMILES string of the molecule is COc1cc2c(c3nc4ccccc4cc13)[C@@H](O)[C@@H](O)C(C)(C)O2. The Morgan fingerprint density at radius 2 is 1.92 bits per heavy atom. The minimum Gasteiger partial charge on any atom is -0.496 e. The largest absolute Gasteiger partial charge is 0.496 e. The summed E-state index contributed by atoms with van der Waals surface area (Å²) in [5, 5.41) is 22.9. The van der Waals surface area contributed by atoms with Crippen molar-refractivity contribution in [2.75, 3.05) is 7.11 Å². The van der Waals surface area contributed by atoms with Gasteiger partial charge in [0.1, 0.15) is 29.3 Å². The van der Waals surface area contributed by atoms with Crippen LogP contribution in [0, 0.1) is 0 Å². The molecule has 1 aliphatic heterocycles. The van der Waals surface area contributed by atoms with Crippen LogP contribution in [0.3, 0.4) is 0 Å². The highest BCUT2D eigenvalue weighted by atomic mass is 16.5. The van der Waals surface area contributed by atoms with E-state index in [1.165, 1.54) is 0 Å². The second-order valence-corrected chi connectivity index (χ2v) is 6.66. The summed E-state index contributed by atoms with van der Waals surface area (Å²) in [6, 6.07) is 11.5. The normalized spacial score (nSPS) is 22.2. The van der Waals surface area contributed by atoms with Gasteiger partial charge in [0.15, 0.2) is 0 Å². The third-order valence-electron chi connectivity index (χ3n) is 4.67. The second kappa shape index (κ2) is 5.06. The van der Waals surface area contributed by atoms with Crippen LogP contribution in [0.5, 0.6) is 11.5 Å². The number of ether oxygens (including phenoxy) is 2. The number of aliphatic hydroxyl groups is 2. The fourth-order valence-corrected chi connectivity index (χ4v) is 3.32. The zero-order chi connectivity index (χ0) is 17.1. The van der Waals surface area contributed by atoms with Crippen LogP contribution >= 0.6 is 0 Å². The maximum atomic E-state index is 10.7. The van der Waals surface area contributed by atoms with E-state index in [2.05, 4.69) is 0 Å². The van der Waals surface area contributed by atoms with Gasteiger partial charge < -0.3 is 19.7 Å². The Hall–Kier alpha value is -2.37. The number of aliphatic hydroxyl groups excluding tert-OH is 2. The first-order valence-corrected chi connectivity index (χ1v) is 7.88. The standard InChI is InChI=1S/C19H19NO4/c1-19(2)18(22)17(21)15-14(24-19)9-13(23-3)11-8-10-6-4-5-7-12(10)20-16(11)15/h4-9,17-18,21-22H,1-3H3/t17-,18-/m1/s1. The van der Waals surface area contributed by atoms with Crippen LogP contribution in [0.25, 0.3) is 21.8 Å². The summed E-state index contributed by atoms with van der Waals surface area (Å²) >= 11 is 0. The van der Waals surface area contributed by atoms with Crippen molar-refractivity contribution in [1.82, 2.24) is 4.98 Å². The second-order valence-electron chi connectivity index (χ2n) is 6.66. The lowest BCUT2D eigenvalue weighted by Crippen LogP contribution is -2.48. The highest BCUT2D eigenvalue weighted by Crippen LogP contribution is 2.46. The summed E-state index contributed by atoms with van der Waals surface area (Å²) in [5.41, 5.74) is 1.00. The Labute approximate surface area is 139 Å². The number of rotatable bonds is 1. The van der Waals surface area contributed by atoms with E-state index in [-0.39, 0.29) is 0 Å². The van der Waals surface area contributed by atoms with Crippen molar-refractivity contribution in [3.8, 4) is 11.5 Å². The van der Waals surface area contributed by atoms with Crippen LogP contribution in [-0.2, 0) is 0 Å². The number of nitrogens with zero attached hydrogens (tertiary/aromatic N) is 1. The molecule has 0 radical (unpaired) electrons. The Bertz CT molecular complexity index is 951. The first kappa shape index (κ1) is 15.2. The fourth-order valence-electron chi connectivity index (χ4n) is 3.32. The molecule has 0 spiro atoms. The topological polar surface area (TPSA) is 71.8 Å². The van der Waals surface area contributed by atoms with Crippen LogP contribution < -0.4 is 9.47 Å². The molecule has 1 aromatic heterocycles. The van der Waals surface area contributed by atoms with Gasteiger partial charge in [-0.2, -0.15) is 0 Å². The van der Waals surface area contributed by atoms with Crippen molar-refractivity contribution in [2.24, 2.45) is 0 Å². The van der Waals surface area contributed by atoms with Gasteiger partial charge in [0.2, 0.25) is 0 Å². The lowest BCUT2D eigenvalue weighted by atomic mass is 9.87. The first-order valence-electron chi connectivity index (χ1n) is 7.88. The molecular formula is C19H19NO4. The number of hydrogen-bond acceptors (Lipinski definition) is 5. The lowest BCUT2D eigenvalue weighted by Gasteiger charge is -2.40. The fraction of sp³-hybridized carbons (Fsp3) is 0.316. The van der Waals surface area contributed by atoms with E-state index in [0.29, 0.717) is 22.6 Å².